The lowest BCUT2D eigenvalue weighted by molar-refractivity contribution is 0.0954. The highest BCUT2D eigenvalue weighted by Gasteiger charge is 2.12. The van der Waals surface area contributed by atoms with Gasteiger partial charge in [0.1, 0.15) is 5.75 Å². The molecule has 3 N–H and O–H groups in total. The molecule has 4 nitrogen and oxygen atoms in total. The second-order valence-electron chi connectivity index (χ2n) is 4.86. The monoisotopic (exact) mass is 284 g/mol. The largest absolute Gasteiger partial charge is 0.496 e. The van der Waals surface area contributed by atoms with Gasteiger partial charge in [0.15, 0.2) is 0 Å². The Morgan fingerprint density at radius 2 is 1.95 bits per heavy atom. The smallest absolute Gasteiger partial charge is 0.253 e. The maximum Gasteiger partial charge on any atom is 0.253 e. The van der Waals surface area contributed by atoms with Crippen molar-refractivity contribution in [1.82, 2.24) is 5.32 Å². The van der Waals surface area contributed by atoms with E-state index in [0.717, 1.165) is 16.9 Å². The van der Waals surface area contributed by atoms with Crippen LogP contribution in [0.3, 0.4) is 0 Å². The van der Waals surface area contributed by atoms with E-state index in [0.29, 0.717) is 24.2 Å². The van der Waals surface area contributed by atoms with Crippen LogP contribution in [0.2, 0.25) is 0 Å². The summed E-state index contributed by atoms with van der Waals surface area (Å²) in [6.45, 7) is 2.42. The molecule has 0 saturated heterocycles. The van der Waals surface area contributed by atoms with Gasteiger partial charge in [0.25, 0.3) is 5.91 Å². The maximum atomic E-state index is 12.2. The first-order valence-electron chi connectivity index (χ1n) is 6.88. The molecule has 0 unspecified atom stereocenters. The number of carbonyl (C=O) groups is 1. The average Bonchev–Trinajstić information content (AvgIpc) is 2.47. The van der Waals surface area contributed by atoms with E-state index >= 15 is 0 Å². The normalized spacial score (nSPS) is 10.2. The highest BCUT2D eigenvalue weighted by Crippen LogP contribution is 2.18. The van der Waals surface area contributed by atoms with Gasteiger partial charge < -0.3 is 15.8 Å². The molecule has 0 aromatic heterocycles. The van der Waals surface area contributed by atoms with E-state index in [-0.39, 0.29) is 5.91 Å². The van der Waals surface area contributed by atoms with Gasteiger partial charge in [0.2, 0.25) is 0 Å². The van der Waals surface area contributed by atoms with Crippen LogP contribution in [0.15, 0.2) is 42.5 Å². The van der Waals surface area contributed by atoms with Gasteiger partial charge in [-0.3, -0.25) is 4.79 Å². The van der Waals surface area contributed by atoms with Gasteiger partial charge in [-0.05, 0) is 36.6 Å². The Kier molecular flexibility index (Phi) is 4.82. The molecule has 0 aliphatic rings. The number of nitrogens with two attached hydrogens (primary N) is 1. The molecular formula is C17H20N2O2. The third kappa shape index (κ3) is 3.54. The third-order valence-electron chi connectivity index (χ3n) is 3.40. The SMILES string of the molecule is COc1ccccc1CCNC(=O)c1c(C)cccc1N. The topological polar surface area (TPSA) is 64.3 Å². The molecule has 0 radical (unpaired) electrons. The second-order valence-corrected chi connectivity index (χ2v) is 4.86. The third-order valence-corrected chi connectivity index (χ3v) is 3.40. The van der Waals surface area contributed by atoms with Crippen LogP contribution in [0.1, 0.15) is 21.5 Å². The van der Waals surface area contributed by atoms with Gasteiger partial charge in [0, 0.05) is 12.2 Å². The zero-order valence-electron chi connectivity index (χ0n) is 12.3. The lowest BCUT2D eigenvalue weighted by atomic mass is 10.1. The molecule has 0 atom stereocenters. The minimum absolute atomic E-state index is 0.138. The van der Waals surface area contributed by atoms with E-state index in [1.165, 1.54) is 0 Å². The van der Waals surface area contributed by atoms with Gasteiger partial charge in [-0.25, -0.2) is 0 Å². The Balaban J connectivity index is 1.99. The summed E-state index contributed by atoms with van der Waals surface area (Å²) in [4.78, 5) is 12.2. The molecule has 0 saturated carbocycles. The molecule has 0 spiro atoms. The molecular weight excluding hydrogens is 264 g/mol. The average molecular weight is 284 g/mol. The van der Waals surface area contributed by atoms with Crippen LogP contribution in [-0.4, -0.2) is 19.6 Å². The Hall–Kier alpha value is -2.49. The van der Waals surface area contributed by atoms with Crippen LogP contribution < -0.4 is 15.8 Å². The molecule has 0 heterocycles. The fourth-order valence-electron chi connectivity index (χ4n) is 2.31. The Morgan fingerprint density at radius 1 is 1.19 bits per heavy atom. The molecule has 1 amide bonds. The van der Waals surface area contributed by atoms with Gasteiger partial charge in [-0.2, -0.15) is 0 Å². The first-order valence-corrected chi connectivity index (χ1v) is 6.88. The summed E-state index contributed by atoms with van der Waals surface area (Å²) in [5, 5.41) is 2.91. The summed E-state index contributed by atoms with van der Waals surface area (Å²) in [6, 6.07) is 13.3. The van der Waals surface area contributed by atoms with Crippen LogP contribution in [0.25, 0.3) is 0 Å². The number of rotatable bonds is 5. The van der Waals surface area contributed by atoms with E-state index in [1.807, 2.05) is 43.3 Å². The van der Waals surface area contributed by atoms with E-state index in [1.54, 1.807) is 13.2 Å². The van der Waals surface area contributed by atoms with Crippen molar-refractivity contribution in [2.45, 2.75) is 13.3 Å². The fraction of sp³-hybridized carbons (Fsp3) is 0.235. The van der Waals surface area contributed by atoms with Crippen LogP contribution in [0.5, 0.6) is 5.75 Å². The Morgan fingerprint density at radius 3 is 2.67 bits per heavy atom. The lowest BCUT2D eigenvalue weighted by Gasteiger charge is -2.11. The number of methoxy groups -OCH3 is 1. The molecule has 2 aromatic rings. The first-order chi connectivity index (χ1) is 10.1. The molecule has 0 aliphatic heterocycles. The van der Waals surface area contributed by atoms with Gasteiger partial charge >= 0.3 is 0 Å². The van der Waals surface area contributed by atoms with Crippen molar-refractivity contribution in [3.05, 3.63) is 59.2 Å². The minimum Gasteiger partial charge on any atom is -0.496 e. The number of para-hydroxylation sites is 1. The van der Waals surface area contributed by atoms with Crippen LogP contribution >= 0.6 is 0 Å². The first kappa shape index (κ1) is 14.9. The van der Waals surface area contributed by atoms with Crippen LogP contribution in [0, 0.1) is 6.92 Å². The maximum absolute atomic E-state index is 12.2. The number of anilines is 1. The number of hydrogen-bond acceptors (Lipinski definition) is 3. The predicted molar refractivity (Wildman–Crippen MR) is 84.6 cm³/mol. The number of benzene rings is 2. The van der Waals surface area contributed by atoms with Gasteiger partial charge in [-0.15, -0.1) is 0 Å². The number of ether oxygens (including phenoxy) is 1. The number of aryl methyl sites for hydroxylation is 1. The van der Waals surface area contributed by atoms with E-state index in [2.05, 4.69) is 5.32 Å². The quantitative estimate of drug-likeness (QED) is 0.829. The van der Waals surface area contributed by atoms with Crippen molar-refractivity contribution in [3.63, 3.8) is 0 Å². The molecule has 0 bridgehead atoms. The predicted octanol–water partition coefficient (Wildman–Crippen LogP) is 2.56. The molecule has 0 fully saturated rings. The summed E-state index contributed by atoms with van der Waals surface area (Å²) in [7, 11) is 1.64. The molecule has 110 valence electrons. The van der Waals surface area contributed by atoms with Gasteiger partial charge in [-0.1, -0.05) is 30.3 Å². The van der Waals surface area contributed by atoms with Crippen molar-refractivity contribution in [2.24, 2.45) is 0 Å². The van der Waals surface area contributed by atoms with Crippen LogP contribution in [-0.2, 0) is 6.42 Å². The molecule has 0 aliphatic carbocycles. The van der Waals surface area contributed by atoms with Crippen molar-refractivity contribution in [3.8, 4) is 5.75 Å². The fourth-order valence-corrected chi connectivity index (χ4v) is 2.31. The zero-order chi connectivity index (χ0) is 15.2. The Bertz CT molecular complexity index is 618. The lowest BCUT2D eigenvalue weighted by Crippen LogP contribution is -2.27. The number of nitrogen functional groups attached to an aromatic ring is 1. The van der Waals surface area contributed by atoms with Crippen molar-refractivity contribution in [2.75, 3.05) is 19.4 Å². The van der Waals surface area contributed by atoms with Crippen molar-refractivity contribution in [1.29, 1.82) is 0 Å². The standard InChI is InChI=1S/C17H20N2O2/c1-12-6-5-8-14(18)16(12)17(20)19-11-10-13-7-3-4-9-15(13)21-2/h3-9H,10-11,18H2,1-2H3,(H,19,20). The number of nitrogens with one attached hydrogen (secondary N) is 1. The summed E-state index contributed by atoms with van der Waals surface area (Å²) in [5.74, 6) is 0.697. The number of carbonyl (C=O) groups excluding carboxylic acids is 1. The number of amides is 1. The minimum atomic E-state index is -0.138. The zero-order valence-corrected chi connectivity index (χ0v) is 12.3. The molecule has 2 rings (SSSR count). The highest BCUT2D eigenvalue weighted by atomic mass is 16.5. The summed E-state index contributed by atoms with van der Waals surface area (Å²) < 4.78 is 5.29. The summed E-state index contributed by atoms with van der Waals surface area (Å²) in [6.07, 6.45) is 0.710. The van der Waals surface area contributed by atoms with E-state index < -0.39 is 0 Å². The molecule has 4 heteroatoms. The van der Waals surface area contributed by atoms with E-state index in [9.17, 15) is 4.79 Å². The summed E-state index contributed by atoms with van der Waals surface area (Å²) in [5.41, 5.74) is 8.87. The van der Waals surface area contributed by atoms with Crippen molar-refractivity contribution < 1.29 is 9.53 Å². The van der Waals surface area contributed by atoms with E-state index in [4.69, 9.17) is 10.5 Å². The molecule has 21 heavy (non-hydrogen) atoms. The Labute approximate surface area is 124 Å². The molecule has 2 aromatic carbocycles. The number of hydrogen-bond donors (Lipinski definition) is 2. The highest BCUT2D eigenvalue weighted by molar-refractivity contribution is 6.00. The van der Waals surface area contributed by atoms with Gasteiger partial charge in [0.05, 0.1) is 12.7 Å². The van der Waals surface area contributed by atoms with Crippen molar-refractivity contribution >= 4 is 11.6 Å². The van der Waals surface area contributed by atoms with Crippen LogP contribution in [0.4, 0.5) is 5.69 Å². The summed E-state index contributed by atoms with van der Waals surface area (Å²) >= 11 is 0. The second kappa shape index (κ2) is 6.79.